The quantitative estimate of drug-likeness (QED) is 0.241. The van der Waals surface area contributed by atoms with Crippen molar-refractivity contribution in [1.29, 1.82) is 0 Å². The number of aliphatic imine (C=N–C) groups is 1. The summed E-state index contributed by atoms with van der Waals surface area (Å²) in [4.78, 5) is 48.6. The first kappa shape index (κ1) is 32.6. The maximum Gasteiger partial charge on any atom is 0.355 e. The third-order valence-electron chi connectivity index (χ3n) is 7.75. The molecular weight excluding hydrogens is 534 g/mol. The Balaban J connectivity index is 1.97. The first-order valence-corrected chi connectivity index (χ1v) is 14.5. The Bertz CT molecular complexity index is 1460. The number of methoxy groups -OCH3 is 2. The molecule has 9 nitrogen and oxygen atoms in total. The van der Waals surface area contributed by atoms with Crippen molar-refractivity contribution >= 4 is 29.7 Å². The second-order valence-electron chi connectivity index (χ2n) is 11.7. The molecule has 2 N–H and O–H groups in total. The van der Waals surface area contributed by atoms with Crippen LogP contribution < -0.4 is 0 Å². The minimum Gasteiger partial charge on any atom is -0.469 e. The minimum absolute atomic E-state index is 0.161. The molecule has 0 aliphatic carbocycles. The molecule has 228 valence electrons. The topological polar surface area (TPSA) is 123 Å². The van der Waals surface area contributed by atoms with Crippen LogP contribution in [0.1, 0.15) is 104 Å². The van der Waals surface area contributed by atoms with Crippen LogP contribution in [0.5, 0.6) is 0 Å². The molecule has 0 saturated carbocycles. The van der Waals surface area contributed by atoms with Gasteiger partial charge in [-0.1, -0.05) is 6.92 Å². The summed E-state index contributed by atoms with van der Waals surface area (Å²) >= 11 is 0. The average molecular weight is 580 g/mol. The van der Waals surface area contributed by atoms with Crippen molar-refractivity contribution < 1.29 is 28.6 Å². The lowest BCUT2D eigenvalue weighted by atomic mass is 9.97. The van der Waals surface area contributed by atoms with Crippen molar-refractivity contribution in [3.63, 3.8) is 0 Å². The van der Waals surface area contributed by atoms with Gasteiger partial charge >= 0.3 is 17.9 Å². The molecule has 1 aliphatic heterocycles. The van der Waals surface area contributed by atoms with Gasteiger partial charge in [0, 0.05) is 36.3 Å². The predicted molar refractivity (Wildman–Crippen MR) is 164 cm³/mol. The van der Waals surface area contributed by atoms with E-state index >= 15 is 0 Å². The van der Waals surface area contributed by atoms with Gasteiger partial charge in [-0.15, -0.1) is 0 Å². The Morgan fingerprint density at radius 1 is 0.881 bits per heavy atom. The highest BCUT2D eigenvalue weighted by molar-refractivity contribution is 6.06. The van der Waals surface area contributed by atoms with E-state index in [9.17, 15) is 14.4 Å². The molecule has 0 fully saturated rings. The van der Waals surface area contributed by atoms with Crippen molar-refractivity contribution in [1.82, 2.24) is 9.97 Å². The lowest BCUT2D eigenvalue weighted by molar-refractivity contribution is -0.141. The van der Waals surface area contributed by atoms with Crippen LogP contribution in [0.3, 0.4) is 0 Å². The molecule has 2 aromatic heterocycles. The standard InChI is InChI=1S/C33H45N3O6/c1-11-22-18(2)26(16-25-19(3)23(21(5)34-25)12-14-29(37)40-9)35-28(22)17-27-20(4)24(13-15-30(38)41-10)31(36-27)32(39)42-33(6,7)8/h16,34,36H,11-15,17H2,1-10H3/b26-16-. The highest BCUT2D eigenvalue weighted by atomic mass is 16.6. The molecule has 0 spiro atoms. The van der Waals surface area contributed by atoms with Crippen LogP contribution in [-0.2, 0) is 43.1 Å². The van der Waals surface area contributed by atoms with Crippen molar-refractivity contribution in [3.8, 4) is 0 Å². The molecule has 0 bridgehead atoms. The number of allylic oxidation sites excluding steroid dienone is 2. The number of rotatable bonds is 11. The van der Waals surface area contributed by atoms with E-state index < -0.39 is 11.6 Å². The number of carbonyl (C=O) groups is 3. The van der Waals surface area contributed by atoms with Crippen LogP contribution in [0.4, 0.5) is 0 Å². The van der Waals surface area contributed by atoms with E-state index in [0.717, 1.165) is 68.3 Å². The number of nitrogens with zero attached hydrogens (tertiary/aromatic N) is 1. The number of esters is 3. The van der Waals surface area contributed by atoms with Gasteiger partial charge in [0.05, 0.1) is 25.6 Å². The van der Waals surface area contributed by atoms with Gasteiger partial charge in [0.25, 0.3) is 0 Å². The molecular formula is C33H45N3O6. The third-order valence-corrected chi connectivity index (χ3v) is 7.75. The molecule has 0 amide bonds. The zero-order chi connectivity index (χ0) is 31.4. The number of nitrogens with one attached hydrogen (secondary N) is 2. The molecule has 42 heavy (non-hydrogen) atoms. The SMILES string of the molecule is CCC1=C(C)/C(=C/c2[nH]c(C)c(CCC(=O)OC)c2C)N=C1Cc1[nH]c(C(=O)OC(C)(C)C)c(CCC(=O)OC)c1C. The predicted octanol–water partition coefficient (Wildman–Crippen LogP) is 6.20. The summed E-state index contributed by atoms with van der Waals surface area (Å²) in [7, 11) is 2.76. The van der Waals surface area contributed by atoms with E-state index in [0.29, 0.717) is 31.4 Å². The van der Waals surface area contributed by atoms with Crippen molar-refractivity contribution in [2.75, 3.05) is 14.2 Å². The van der Waals surface area contributed by atoms with Gasteiger partial charge in [0.15, 0.2) is 0 Å². The lowest BCUT2D eigenvalue weighted by Crippen LogP contribution is -2.25. The molecule has 3 rings (SSSR count). The maximum absolute atomic E-state index is 13.1. The summed E-state index contributed by atoms with van der Waals surface area (Å²) in [5.41, 5.74) is 10.5. The van der Waals surface area contributed by atoms with Gasteiger partial charge in [0.1, 0.15) is 11.3 Å². The molecule has 0 aromatic carbocycles. The second-order valence-corrected chi connectivity index (χ2v) is 11.7. The molecule has 0 atom stereocenters. The van der Waals surface area contributed by atoms with Gasteiger partial charge in [-0.05, 0) is 107 Å². The van der Waals surface area contributed by atoms with Crippen LogP contribution in [0, 0.1) is 20.8 Å². The van der Waals surface area contributed by atoms with Crippen molar-refractivity contribution in [3.05, 3.63) is 61.9 Å². The Kier molecular flexibility index (Phi) is 10.4. The minimum atomic E-state index is -0.659. The fourth-order valence-corrected chi connectivity index (χ4v) is 5.40. The van der Waals surface area contributed by atoms with Gasteiger partial charge in [-0.25, -0.2) is 4.79 Å². The van der Waals surface area contributed by atoms with Crippen LogP contribution in [0.2, 0.25) is 0 Å². The van der Waals surface area contributed by atoms with Crippen LogP contribution >= 0.6 is 0 Å². The third kappa shape index (κ3) is 7.49. The van der Waals surface area contributed by atoms with E-state index in [-0.39, 0.29) is 18.4 Å². The summed E-state index contributed by atoms with van der Waals surface area (Å²) in [6.07, 6.45) is 4.84. The number of hydrogen-bond acceptors (Lipinski definition) is 7. The molecule has 1 aliphatic rings. The normalized spacial score (nSPS) is 14.4. The van der Waals surface area contributed by atoms with E-state index in [1.807, 2.05) is 34.6 Å². The maximum atomic E-state index is 13.1. The van der Waals surface area contributed by atoms with Gasteiger partial charge < -0.3 is 24.2 Å². The fraction of sp³-hybridized carbons (Fsp3) is 0.515. The zero-order valence-electron chi connectivity index (χ0n) is 26.7. The molecule has 0 unspecified atom stereocenters. The van der Waals surface area contributed by atoms with Gasteiger partial charge in [-0.3, -0.25) is 14.6 Å². The van der Waals surface area contributed by atoms with Crippen molar-refractivity contribution in [2.45, 2.75) is 99.5 Å². The number of aromatic amines is 2. The molecule has 3 heterocycles. The van der Waals surface area contributed by atoms with E-state index in [2.05, 4.69) is 36.8 Å². The van der Waals surface area contributed by atoms with Crippen LogP contribution in [0.25, 0.3) is 6.08 Å². The summed E-state index contributed by atoms with van der Waals surface area (Å²) in [5, 5.41) is 0. The number of hydrogen-bond donors (Lipinski definition) is 2. The highest BCUT2D eigenvalue weighted by Gasteiger charge is 2.28. The molecule has 0 radical (unpaired) electrons. The Morgan fingerprint density at radius 2 is 1.48 bits per heavy atom. The Labute approximate surface area is 248 Å². The number of ether oxygens (including phenoxy) is 3. The summed E-state index contributed by atoms with van der Waals surface area (Å²) in [6.45, 7) is 15.7. The number of carbonyl (C=O) groups excluding carboxylic acids is 3. The van der Waals surface area contributed by atoms with Crippen molar-refractivity contribution in [2.24, 2.45) is 4.99 Å². The highest BCUT2D eigenvalue weighted by Crippen LogP contribution is 2.33. The van der Waals surface area contributed by atoms with E-state index in [1.54, 1.807) is 0 Å². The fourth-order valence-electron chi connectivity index (χ4n) is 5.40. The number of aromatic nitrogens is 2. The summed E-state index contributed by atoms with van der Waals surface area (Å²) in [6, 6.07) is 0. The average Bonchev–Trinajstić information content (AvgIpc) is 3.50. The van der Waals surface area contributed by atoms with Gasteiger partial charge in [0.2, 0.25) is 0 Å². The summed E-state index contributed by atoms with van der Waals surface area (Å²) in [5.74, 6) is -1.01. The van der Waals surface area contributed by atoms with E-state index in [1.165, 1.54) is 14.2 Å². The first-order valence-electron chi connectivity index (χ1n) is 14.5. The Hall–Kier alpha value is -3.88. The smallest absolute Gasteiger partial charge is 0.355 e. The number of H-pyrrole nitrogens is 2. The van der Waals surface area contributed by atoms with Crippen LogP contribution in [0.15, 0.2) is 21.8 Å². The van der Waals surface area contributed by atoms with Crippen LogP contribution in [-0.4, -0.2) is 53.4 Å². The largest absolute Gasteiger partial charge is 0.469 e. The summed E-state index contributed by atoms with van der Waals surface area (Å²) < 4.78 is 15.3. The molecule has 9 heteroatoms. The Morgan fingerprint density at radius 3 is 2.02 bits per heavy atom. The lowest BCUT2D eigenvalue weighted by Gasteiger charge is -2.19. The second kappa shape index (κ2) is 13.4. The van der Waals surface area contributed by atoms with Gasteiger partial charge in [-0.2, -0.15) is 0 Å². The number of aryl methyl sites for hydroxylation is 1. The van der Waals surface area contributed by atoms with E-state index in [4.69, 9.17) is 19.2 Å². The monoisotopic (exact) mass is 579 g/mol. The molecule has 0 saturated heterocycles. The molecule has 2 aromatic rings. The first-order chi connectivity index (χ1) is 19.7. The zero-order valence-corrected chi connectivity index (χ0v) is 26.7.